The molecule has 8 nitrogen and oxygen atoms in total. The molecule has 2 aromatic rings. The Hall–Kier alpha value is -2.00. The number of nitrogens with zero attached hydrogens (tertiary/aromatic N) is 5. The van der Waals surface area contributed by atoms with Gasteiger partial charge < -0.3 is 19.3 Å². The highest BCUT2D eigenvalue weighted by molar-refractivity contribution is 5.78. The number of carbonyl (C=O) groups excluding carboxylic acids is 1. The highest BCUT2D eigenvalue weighted by Gasteiger charge is 2.24. The van der Waals surface area contributed by atoms with Crippen molar-refractivity contribution in [1.82, 2.24) is 24.3 Å². The van der Waals surface area contributed by atoms with E-state index >= 15 is 0 Å². The molecule has 1 aromatic carbocycles. The number of aliphatic hydroxyl groups excluding tert-OH is 1. The molecule has 4 rings (SSSR count). The molecule has 0 aliphatic carbocycles. The van der Waals surface area contributed by atoms with Crippen LogP contribution < -0.4 is 0 Å². The fourth-order valence-corrected chi connectivity index (χ4v) is 3.97. The van der Waals surface area contributed by atoms with Crippen LogP contribution in [0.1, 0.15) is 0 Å². The van der Waals surface area contributed by atoms with Crippen LogP contribution in [0, 0.1) is 0 Å². The molecule has 2 saturated heterocycles. The highest BCUT2D eigenvalue weighted by Crippen LogP contribution is 2.13. The van der Waals surface area contributed by atoms with E-state index in [4.69, 9.17) is 4.74 Å². The van der Waals surface area contributed by atoms with Crippen LogP contribution in [-0.4, -0.2) is 107 Å². The van der Waals surface area contributed by atoms with Crippen molar-refractivity contribution in [3.05, 3.63) is 30.6 Å². The molecule has 1 aromatic heterocycles. The molecule has 1 amide bonds. The molecule has 0 radical (unpaired) electrons. The van der Waals surface area contributed by atoms with E-state index in [1.54, 1.807) is 6.33 Å². The second-order valence-electron chi connectivity index (χ2n) is 7.61. The van der Waals surface area contributed by atoms with Gasteiger partial charge in [-0.05, 0) is 12.1 Å². The summed E-state index contributed by atoms with van der Waals surface area (Å²) in [5, 5.41) is 10.5. The quantitative estimate of drug-likeness (QED) is 0.745. The van der Waals surface area contributed by atoms with Gasteiger partial charge in [-0.2, -0.15) is 0 Å². The summed E-state index contributed by atoms with van der Waals surface area (Å²) in [7, 11) is 0. The summed E-state index contributed by atoms with van der Waals surface area (Å²) in [4.78, 5) is 23.2. The molecule has 2 aliphatic rings. The Labute approximate surface area is 165 Å². The van der Waals surface area contributed by atoms with Crippen molar-refractivity contribution < 1.29 is 14.6 Å². The Morgan fingerprint density at radius 3 is 2.57 bits per heavy atom. The predicted octanol–water partition coefficient (Wildman–Crippen LogP) is -0.126. The van der Waals surface area contributed by atoms with E-state index in [1.165, 1.54) is 0 Å². The minimum atomic E-state index is -0.465. The molecule has 8 heteroatoms. The van der Waals surface area contributed by atoms with E-state index in [2.05, 4.69) is 14.8 Å². The van der Waals surface area contributed by atoms with Gasteiger partial charge in [0.05, 0.1) is 49.8 Å². The van der Waals surface area contributed by atoms with Crippen molar-refractivity contribution in [2.75, 3.05) is 65.6 Å². The fourth-order valence-electron chi connectivity index (χ4n) is 3.97. The van der Waals surface area contributed by atoms with Crippen molar-refractivity contribution >= 4 is 16.9 Å². The molecular weight excluding hydrogens is 358 g/mol. The number of hydrogen-bond acceptors (Lipinski definition) is 6. The van der Waals surface area contributed by atoms with Crippen LogP contribution in [0.3, 0.4) is 0 Å². The number of hydrogen-bond donors (Lipinski definition) is 1. The monoisotopic (exact) mass is 387 g/mol. The summed E-state index contributed by atoms with van der Waals surface area (Å²) in [5.74, 6) is 0.201. The SMILES string of the molecule is O=C(CN1CCOCC1)N1CCN(CC(O)Cn2cnc3ccccc32)CC1. The van der Waals surface area contributed by atoms with Crippen molar-refractivity contribution in [3.8, 4) is 0 Å². The van der Waals surface area contributed by atoms with E-state index < -0.39 is 6.10 Å². The van der Waals surface area contributed by atoms with Crippen LogP contribution in [-0.2, 0) is 16.1 Å². The lowest BCUT2D eigenvalue weighted by Gasteiger charge is -2.37. The Balaban J connectivity index is 1.22. The van der Waals surface area contributed by atoms with Gasteiger partial charge in [0.15, 0.2) is 0 Å². The number of amides is 1. The van der Waals surface area contributed by atoms with Gasteiger partial charge in [-0.1, -0.05) is 12.1 Å². The topological polar surface area (TPSA) is 74.1 Å². The van der Waals surface area contributed by atoms with Crippen LogP contribution >= 0.6 is 0 Å². The van der Waals surface area contributed by atoms with E-state index in [1.807, 2.05) is 33.7 Å². The van der Waals surface area contributed by atoms with Gasteiger partial charge in [0.25, 0.3) is 0 Å². The number of benzene rings is 1. The summed E-state index contributed by atoms with van der Waals surface area (Å²) in [6.45, 7) is 7.77. The molecule has 1 unspecified atom stereocenters. The van der Waals surface area contributed by atoms with E-state index in [0.29, 0.717) is 32.8 Å². The van der Waals surface area contributed by atoms with Gasteiger partial charge in [-0.3, -0.25) is 14.6 Å². The Bertz CT molecular complexity index is 781. The zero-order valence-electron chi connectivity index (χ0n) is 16.2. The lowest BCUT2D eigenvalue weighted by Crippen LogP contribution is -2.53. The average Bonchev–Trinajstić information content (AvgIpc) is 3.12. The van der Waals surface area contributed by atoms with Crippen molar-refractivity contribution in [3.63, 3.8) is 0 Å². The lowest BCUT2D eigenvalue weighted by molar-refractivity contribution is -0.135. The third kappa shape index (κ3) is 4.70. The Kier molecular flexibility index (Phi) is 6.21. The van der Waals surface area contributed by atoms with Crippen LogP contribution in [0.4, 0.5) is 0 Å². The molecule has 152 valence electrons. The summed E-state index contributed by atoms with van der Waals surface area (Å²) in [6, 6.07) is 7.95. The standard InChI is InChI=1S/C20H29N5O3/c26-17(14-25-16-21-18-3-1-2-4-19(18)25)13-22-5-7-24(8-6-22)20(27)15-23-9-11-28-12-10-23/h1-4,16-17,26H,5-15H2. The fraction of sp³-hybridized carbons (Fsp3) is 0.600. The predicted molar refractivity (Wildman–Crippen MR) is 106 cm³/mol. The summed E-state index contributed by atoms with van der Waals surface area (Å²) in [6.07, 6.45) is 1.32. The molecule has 28 heavy (non-hydrogen) atoms. The number of piperazine rings is 1. The summed E-state index contributed by atoms with van der Waals surface area (Å²) < 4.78 is 7.34. The molecule has 0 saturated carbocycles. The van der Waals surface area contributed by atoms with Crippen LogP contribution in [0.15, 0.2) is 30.6 Å². The van der Waals surface area contributed by atoms with Gasteiger partial charge in [-0.15, -0.1) is 0 Å². The number of aromatic nitrogens is 2. The zero-order chi connectivity index (χ0) is 19.3. The average molecular weight is 387 g/mol. The van der Waals surface area contributed by atoms with Gasteiger partial charge in [0, 0.05) is 45.8 Å². The zero-order valence-corrected chi connectivity index (χ0v) is 16.2. The smallest absolute Gasteiger partial charge is 0.236 e. The van der Waals surface area contributed by atoms with Gasteiger partial charge in [0.1, 0.15) is 0 Å². The van der Waals surface area contributed by atoms with Crippen molar-refractivity contribution in [1.29, 1.82) is 0 Å². The van der Waals surface area contributed by atoms with Crippen molar-refractivity contribution in [2.45, 2.75) is 12.6 Å². The number of carbonyl (C=O) groups is 1. The van der Waals surface area contributed by atoms with Crippen LogP contribution in [0.2, 0.25) is 0 Å². The maximum absolute atomic E-state index is 12.5. The number of fused-ring (bicyclic) bond motifs is 1. The van der Waals surface area contributed by atoms with E-state index in [9.17, 15) is 9.90 Å². The normalized spacial score (nSPS) is 20.5. The number of morpholine rings is 1. The first kappa shape index (κ1) is 19.3. The van der Waals surface area contributed by atoms with Gasteiger partial charge >= 0.3 is 0 Å². The second-order valence-corrected chi connectivity index (χ2v) is 7.61. The lowest BCUT2D eigenvalue weighted by atomic mass is 10.2. The number of aliphatic hydroxyl groups is 1. The molecule has 1 atom stereocenters. The maximum Gasteiger partial charge on any atom is 0.236 e. The number of rotatable bonds is 6. The van der Waals surface area contributed by atoms with Crippen LogP contribution in [0.5, 0.6) is 0 Å². The number of ether oxygens (including phenoxy) is 1. The minimum Gasteiger partial charge on any atom is -0.390 e. The molecule has 2 aliphatic heterocycles. The minimum absolute atomic E-state index is 0.201. The highest BCUT2D eigenvalue weighted by atomic mass is 16.5. The van der Waals surface area contributed by atoms with Crippen molar-refractivity contribution in [2.24, 2.45) is 0 Å². The number of para-hydroxylation sites is 2. The number of β-amino-alcohol motifs (C(OH)–C–C–N with tert-alkyl or cyclic N) is 1. The Morgan fingerprint density at radius 2 is 1.79 bits per heavy atom. The molecule has 1 N–H and O–H groups in total. The van der Waals surface area contributed by atoms with Crippen LogP contribution in [0.25, 0.3) is 11.0 Å². The van der Waals surface area contributed by atoms with E-state index in [0.717, 1.165) is 50.3 Å². The first-order valence-electron chi connectivity index (χ1n) is 10.1. The largest absolute Gasteiger partial charge is 0.390 e. The first-order chi connectivity index (χ1) is 13.7. The van der Waals surface area contributed by atoms with Gasteiger partial charge in [-0.25, -0.2) is 4.98 Å². The summed E-state index contributed by atoms with van der Waals surface area (Å²) >= 11 is 0. The molecule has 2 fully saturated rings. The Morgan fingerprint density at radius 1 is 1.04 bits per heavy atom. The summed E-state index contributed by atoms with van der Waals surface area (Å²) in [5.41, 5.74) is 1.99. The van der Waals surface area contributed by atoms with Gasteiger partial charge in [0.2, 0.25) is 5.91 Å². The molecular formula is C20H29N5O3. The second kappa shape index (κ2) is 9.00. The third-order valence-corrected chi connectivity index (χ3v) is 5.59. The molecule has 0 bridgehead atoms. The van der Waals surface area contributed by atoms with E-state index in [-0.39, 0.29) is 5.91 Å². The number of imidazole rings is 1. The third-order valence-electron chi connectivity index (χ3n) is 5.59. The first-order valence-corrected chi connectivity index (χ1v) is 10.1. The molecule has 3 heterocycles. The molecule has 0 spiro atoms. The maximum atomic E-state index is 12.5.